The molecule has 1 aromatic carbocycles. The van der Waals surface area contributed by atoms with Gasteiger partial charge in [-0.25, -0.2) is 31.6 Å². The minimum Gasteiger partial charge on any atom is -0.364 e. The van der Waals surface area contributed by atoms with E-state index in [1.54, 1.807) is 4.90 Å². The van der Waals surface area contributed by atoms with Gasteiger partial charge in [0.25, 0.3) is 5.91 Å². The highest BCUT2D eigenvalue weighted by Gasteiger charge is 2.36. The third-order valence-corrected chi connectivity index (χ3v) is 4.45. The number of benzene rings is 1. The monoisotopic (exact) mass is 378 g/mol. The van der Waals surface area contributed by atoms with E-state index in [0.717, 1.165) is 9.80 Å². The lowest BCUT2D eigenvalue weighted by atomic mass is 10.2. The summed E-state index contributed by atoms with van der Waals surface area (Å²) in [6.07, 6.45) is 0. The number of halogens is 5. The van der Waals surface area contributed by atoms with E-state index in [1.165, 1.54) is 11.9 Å². The summed E-state index contributed by atoms with van der Waals surface area (Å²) in [7, 11) is 1.49. The van der Waals surface area contributed by atoms with Crippen LogP contribution in [0.5, 0.6) is 0 Å². The second-order valence-corrected chi connectivity index (χ2v) is 6.13. The molecule has 142 valence electrons. The van der Waals surface area contributed by atoms with Gasteiger partial charge >= 0.3 is 6.03 Å². The summed E-state index contributed by atoms with van der Waals surface area (Å²) in [5, 5.41) is 0. The Morgan fingerprint density at radius 3 is 1.77 bits per heavy atom. The minimum atomic E-state index is -2.20. The average molecular weight is 378 g/mol. The lowest BCUT2D eigenvalue weighted by Crippen LogP contribution is -2.51. The van der Waals surface area contributed by atoms with Gasteiger partial charge in [0.2, 0.25) is 5.82 Å². The molecule has 3 amide bonds. The predicted octanol–water partition coefficient (Wildman–Crippen LogP) is 1.36. The number of urea groups is 1. The molecule has 0 radical (unpaired) electrons. The lowest BCUT2D eigenvalue weighted by Gasteiger charge is -2.37. The highest BCUT2D eigenvalue weighted by atomic mass is 19.2. The molecule has 1 aromatic rings. The number of carbonyl (C=O) groups excluding carboxylic acids is 2. The molecule has 0 unspecified atom stereocenters. The van der Waals surface area contributed by atoms with Crippen LogP contribution in [-0.4, -0.2) is 73.1 Å². The van der Waals surface area contributed by atoms with E-state index < -0.39 is 40.8 Å². The van der Waals surface area contributed by atoms with Crippen molar-refractivity contribution in [2.45, 2.75) is 0 Å². The van der Waals surface area contributed by atoms with Gasteiger partial charge in [-0.1, -0.05) is 0 Å². The fraction of sp³-hybridized carbons (Fsp3) is 0.467. The van der Waals surface area contributed by atoms with Crippen molar-refractivity contribution in [3.8, 4) is 0 Å². The molecule has 2 aliphatic heterocycles. The Morgan fingerprint density at radius 2 is 1.31 bits per heavy atom. The molecule has 0 bridgehead atoms. The van der Waals surface area contributed by atoms with Crippen molar-refractivity contribution in [1.29, 1.82) is 0 Å². The second kappa shape index (κ2) is 6.71. The Bertz CT molecular complexity index is 738. The van der Waals surface area contributed by atoms with Crippen molar-refractivity contribution in [3.05, 3.63) is 29.1 Å². The van der Waals surface area contributed by atoms with E-state index >= 15 is 0 Å². The third-order valence-electron chi connectivity index (χ3n) is 4.45. The molecule has 11 heteroatoms. The van der Waals surface area contributed by atoms with Crippen LogP contribution in [0.4, 0.5) is 32.4 Å². The summed E-state index contributed by atoms with van der Waals surface area (Å²) >= 11 is 0. The second-order valence-electron chi connectivity index (χ2n) is 6.13. The maximum atomic E-state index is 13.9. The van der Waals surface area contributed by atoms with Gasteiger partial charge in [-0.2, -0.15) is 0 Å². The Kier molecular flexibility index (Phi) is 4.74. The van der Waals surface area contributed by atoms with Gasteiger partial charge in [0.1, 0.15) is 12.2 Å². The Morgan fingerprint density at radius 1 is 0.808 bits per heavy atom. The number of carbonyl (C=O) groups is 2. The molecule has 2 heterocycles. The number of anilines is 1. The summed E-state index contributed by atoms with van der Waals surface area (Å²) in [6, 6.07) is -0.447. The zero-order chi connectivity index (χ0) is 19.2. The number of rotatable bonds is 3. The lowest BCUT2D eigenvalue weighted by molar-refractivity contribution is -0.126. The zero-order valence-corrected chi connectivity index (χ0v) is 13.7. The van der Waals surface area contributed by atoms with Gasteiger partial charge in [-0.3, -0.25) is 9.69 Å². The first kappa shape index (κ1) is 18.4. The number of imide groups is 1. The number of piperazine rings is 1. The summed E-state index contributed by atoms with van der Waals surface area (Å²) in [5.41, 5.74) is -0.964. The van der Waals surface area contributed by atoms with Crippen LogP contribution in [0, 0.1) is 29.1 Å². The smallest absolute Gasteiger partial charge is 0.328 e. The van der Waals surface area contributed by atoms with Gasteiger partial charge in [-0.05, 0) is 0 Å². The zero-order valence-electron chi connectivity index (χ0n) is 13.7. The topological polar surface area (TPSA) is 47.1 Å². The maximum absolute atomic E-state index is 13.9. The van der Waals surface area contributed by atoms with E-state index in [9.17, 15) is 31.5 Å². The van der Waals surface area contributed by atoms with Crippen molar-refractivity contribution in [2.24, 2.45) is 0 Å². The molecule has 2 saturated heterocycles. The van der Waals surface area contributed by atoms with E-state index in [0.29, 0.717) is 0 Å². The predicted molar refractivity (Wildman–Crippen MR) is 79.8 cm³/mol. The molecule has 6 nitrogen and oxygen atoms in total. The van der Waals surface area contributed by atoms with E-state index in [4.69, 9.17) is 0 Å². The molecular formula is C15H15F5N4O2. The number of hydrogen-bond acceptors (Lipinski definition) is 4. The van der Waals surface area contributed by atoms with Gasteiger partial charge in [0, 0.05) is 33.2 Å². The molecule has 0 atom stereocenters. The van der Waals surface area contributed by atoms with Crippen LogP contribution in [0.1, 0.15) is 0 Å². The highest BCUT2D eigenvalue weighted by molar-refractivity contribution is 6.01. The molecule has 3 rings (SSSR count). The van der Waals surface area contributed by atoms with Gasteiger partial charge in [0.05, 0.1) is 6.67 Å². The summed E-state index contributed by atoms with van der Waals surface area (Å²) < 4.78 is 67.6. The first-order chi connectivity index (χ1) is 12.2. The molecule has 26 heavy (non-hydrogen) atoms. The molecule has 0 saturated carbocycles. The molecule has 0 aliphatic carbocycles. The van der Waals surface area contributed by atoms with Crippen LogP contribution in [0.25, 0.3) is 0 Å². The van der Waals surface area contributed by atoms with E-state index in [2.05, 4.69) is 0 Å². The molecule has 2 fully saturated rings. The SMILES string of the molecule is CN1CC(=O)N(CN2CCN(c3c(F)c(F)c(F)c(F)c3F)CC2)C1=O. The first-order valence-electron chi connectivity index (χ1n) is 7.76. The summed E-state index contributed by atoms with van der Waals surface area (Å²) in [6.45, 7) is 0.297. The standard InChI is InChI=1S/C15H15F5N4O2/c1-21-6-8(25)24(15(21)26)7-22-2-4-23(5-3-22)14-12(19)10(17)9(16)11(18)13(14)20/h2-7H2,1H3. The van der Waals surface area contributed by atoms with Crippen LogP contribution in [0.15, 0.2) is 0 Å². The molecule has 0 aromatic heterocycles. The van der Waals surface area contributed by atoms with Gasteiger partial charge in [-0.15, -0.1) is 0 Å². The number of likely N-dealkylation sites (N-methyl/N-ethyl adjacent to an activating group) is 1. The third kappa shape index (κ3) is 2.96. The van der Waals surface area contributed by atoms with Crippen molar-refractivity contribution >= 4 is 17.6 Å². The first-order valence-corrected chi connectivity index (χ1v) is 7.76. The highest BCUT2D eigenvalue weighted by Crippen LogP contribution is 2.30. The molecular weight excluding hydrogens is 363 g/mol. The molecule has 0 N–H and O–H groups in total. The van der Waals surface area contributed by atoms with Gasteiger partial charge in [0.15, 0.2) is 23.3 Å². The quantitative estimate of drug-likeness (QED) is 0.345. The Hall–Kier alpha value is -2.43. The fourth-order valence-electron chi connectivity index (χ4n) is 2.99. The van der Waals surface area contributed by atoms with Gasteiger partial charge < -0.3 is 9.80 Å². The summed E-state index contributed by atoms with van der Waals surface area (Å²) in [4.78, 5) is 28.7. The average Bonchev–Trinajstić information content (AvgIpc) is 2.86. The van der Waals surface area contributed by atoms with E-state index in [1.807, 2.05) is 0 Å². The van der Waals surface area contributed by atoms with Crippen molar-refractivity contribution in [2.75, 3.05) is 51.3 Å². The molecule has 0 spiro atoms. The van der Waals surface area contributed by atoms with Crippen LogP contribution in [0.3, 0.4) is 0 Å². The number of amides is 3. The Balaban J connectivity index is 1.70. The maximum Gasteiger partial charge on any atom is 0.328 e. The van der Waals surface area contributed by atoms with Crippen LogP contribution in [0.2, 0.25) is 0 Å². The largest absolute Gasteiger partial charge is 0.364 e. The fourth-order valence-corrected chi connectivity index (χ4v) is 2.99. The van der Waals surface area contributed by atoms with E-state index in [-0.39, 0.29) is 45.3 Å². The summed E-state index contributed by atoms with van der Waals surface area (Å²) in [5.74, 6) is -10.3. The van der Waals surface area contributed by atoms with Crippen molar-refractivity contribution < 1.29 is 31.5 Å². The minimum absolute atomic E-state index is 0.00690. The van der Waals surface area contributed by atoms with Crippen LogP contribution < -0.4 is 4.90 Å². The number of hydrogen-bond donors (Lipinski definition) is 0. The number of nitrogens with zero attached hydrogens (tertiary/aromatic N) is 4. The van der Waals surface area contributed by atoms with Crippen molar-refractivity contribution in [3.63, 3.8) is 0 Å². The van der Waals surface area contributed by atoms with Crippen LogP contribution in [-0.2, 0) is 4.79 Å². The van der Waals surface area contributed by atoms with Crippen LogP contribution >= 0.6 is 0 Å². The normalized spacial score (nSPS) is 19.1. The molecule has 2 aliphatic rings. The van der Waals surface area contributed by atoms with Crippen molar-refractivity contribution in [1.82, 2.24) is 14.7 Å². The Labute approximate surface area is 145 Å².